The van der Waals surface area contributed by atoms with Crippen LogP contribution in [0.4, 0.5) is 10.1 Å². The van der Waals surface area contributed by atoms with Gasteiger partial charge in [-0.2, -0.15) is 0 Å². The van der Waals surface area contributed by atoms with Gasteiger partial charge in [-0.3, -0.25) is 0 Å². The second kappa shape index (κ2) is 3.08. The highest BCUT2D eigenvalue weighted by atomic mass is 32.2. The molecular formula is C8H9FN2OS. The van der Waals surface area contributed by atoms with Crippen molar-refractivity contribution in [2.24, 2.45) is 5.73 Å². The Labute approximate surface area is 80.9 Å². The van der Waals surface area contributed by atoms with Crippen LogP contribution in [0.3, 0.4) is 0 Å². The fraction of sp³-hybridized carbons (Fsp3) is 0.250. The van der Waals surface area contributed by atoms with Crippen molar-refractivity contribution in [3.8, 4) is 5.75 Å². The average molecular weight is 201 g/mol. The summed E-state index contributed by atoms with van der Waals surface area (Å²) >= 11 is 1.12. The third kappa shape index (κ3) is 1.34. The van der Waals surface area contributed by atoms with Crippen molar-refractivity contribution < 1.29 is 10.5 Å². The molecule has 1 atom stereocenters. The molecule has 0 bridgehead atoms. The molecule has 3 N–H and O–H groups in total. The first-order chi connectivity index (χ1) is 6.53. The Morgan fingerprint density at radius 3 is 3.23 bits per heavy atom. The molecule has 1 aromatic rings. The fourth-order valence-electron chi connectivity index (χ4n) is 1.21. The van der Waals surface area contributed by atoms with Gasteiger partial charge in [0.1, 0.15) is 5.47 Å². The molecule has 0 aromatic heterocycles. The summed E-state index contributed by atoms with van der Waals surface area (Å²) in [4.78, 5) is 0.723. The van der Waals surface area contributed by atoms with Crippen molar-refractivity contribution in [1.82, 2.24) is 0 Å². The van der Waals surface area contributed by atoms with Gasteiger partial charge in [0.2, 0.25) is 0 Å². The number of anilines is 1. The normalized spacial score (nSPS) is 26.2. The van der Waals surface area contributed by atoms with E-state index >= 15 is 0 Å². The van der Waals surface area contributed by atoms with Crippen LogP contribution in [0, 0.1) is 5.82 Å². The minimum Gasteiger partial charge on any atom is -0.492 e. The molecule has 1 aromatic carbocycles. The van der Waals surface area contributed by atoms with Crippen molar-refractivity contribution in [3.63, 3.8) is 0 Å². The number of hydrogen-bond acceptors (Lipinski definition) is 4. The van der Waals surface area contributed by atoms with E-state index in [0.29, 0.717) is 5.69 Å². The summed E-state index contributed by atoms with van der Waals surface area (Å²) in [7, 11) is 1.38. The summed E-state index contributed by atoms with van der Waals surface area (Å²) in [5, 5.41) is 2.68. The van der Waals surface area contributed by atoms with Crippen molar-refractivity contribution in [2.75, 3.05) is 12.4 Å². The maximum atomic E-state index is 13.2. The fourth-order valence-corrected chi connectivity index (χ4v) is 1.98. The summed E-state index contributed by atoms with van der Waals surface area (Å²) < 4.78 is 25.7. The smallest absolute Gasteiger partial charge is 0.178 e. The topological polar surface area (TPSA) is 47.3 Å². The first kappa shape index (κ1) is 7.46. The number of thioether (sulfide) groups is 1. The summed E-state index contributed by atoms with van der Waals surface area (Å²) in [5.74, 6) is -0.355. The molecular weight excluding hydrogens is 191 g/mol. The van der Waals surface area contributed by atoms with E-state index < -0.39 is 11.3 Å². The Hall–Kier alpha value is -0.940. The molecule has 3 nitrogen and oxygen atoms in total. The van der Waals surface area contributed by atoms with Gasteiger partial charge < -0.3 is 15.8 Å². The van der Waals surface area contributed by atoms with Crippen LogP contribution in [0.15, 0.2) is 17.0 Å². The molecule has 70 valence electrons. The van der Waals surface area contributed by atoms with Crippen molar-refractivity contribution in [1.29, 1.82) is 0 Å². The molecule has 1 unspecified atom stereocenters. The Morgan fingerprint density at radius 2 is 2.54 bits per heavy atom. The third-order valence-electron chi connectivity index (χ3n) is 1.74. The number of fused-ring (bicyclic) bond motifs is 1. The molecule has 1 aliphatic rings. The van der Waals surface area contributed by atoms with Crippen LogP contribution in [-0.2, 0) is 0 Å². The minimum atomic E-state index is -1.34. The lowest BCUT2D eigenvalue weighted by atomic mass is 10.3. The number of methoxy groups -OCH3 is 1. The number of halogens is 1. The van der Waals surface area contributed by atoms with Crippen LogP contribution >= 0.6 is 11.8 Å². The van der Waals surface area contributed by atoms with E-state index in [9.17, 15) is 4.39 Å². The van der Waals surface area contributed by atoms with Gasteiger partial charge >= 0.3 is 0 Å². The number of ether oxygens (including phenoxy) is 1. The zero-order valence-electron chi connectivity index (χ0n) is 7.93. The molecule has 1 heterocycles. The molecule has 0 spiro atoms. The zero-order chi connectivity index (χ0) is 10.3. The monoisotopic (exact) mass is 201 g/mol. The predicted octanol–water partition coefficient (Wildman–Crippen LogP) is 1.59. The summed E-state index contributed by atoms with van der Waals surface area (Å²) in [6, 6.07) is 2.88. The van der Waals surface area contributed by atoms with Gasteiger partial charge in [-0.1, -0.05) is 11.8 Å². The molecule has 1 aliphatic heterocycles. The van der Waals surface area contributed by atoms with E-state index in [1.54, 1.807) is 6.07 Å². The Balaban J connectivity index is 2.52. The van der Waals surface area contributed by atoms with E-state index in [0.717, 1.165) is 16.7 Å². The van der Waals surface area contributed by atoms with Gasteiger partial charge in [-0.25, -0.2) is 4.39 Å². The van der Waals surface area contributed by atoms with Gasteiger partial charge in [-0.05, 0) is 12.1 Å². The quantitative estimate of drug-likeness (QED) is 0.724. The van der Waals surface area contributed by atoms with E-state index in [1.807, 2.05) is 0 Å². The molecule has 5 heteroatoms. The number of nitrogens with one attached hydrogen (secondary N) is 1. The molecule has 0 saturated heterocycles. The molecule has 0 radical (unpaired) electrons. The van der Waals surface area contributed by atoms with Crippen LogP contribution in [0.5, 0.6) is 5.75 Å². The summed E-state index contributed by atoms with van der Waals surface area (Å²) in [6.45, 7) is 0. The summed E-state index contributed by atoms with van der Waals surface area (Å²) in [5.41, 5.74) is 4.65. The molecule has 0 fully saturated rings. The number of benzene rings is 1. The van der Waals surface area contributed by atoms with Gasteiger partial charge in [0.15, 0.2) is 11.6 Å². The highest BCUT2D eigenvalue weighted by Gasteiger charge is 2.23. The molecule has 0 saturated carbocycles. The van der Waals surface area contributed by atoms with Crippen LogP contribution < -0.4 is 15.8 Å². The molecule has 13 heavy (non-hydrogen) atoms. The Morgan fingerprint density at radius 1 is 1.77 bits per heavy atom. The predicted molar refractivity (Wildman–Crippen MR) is 50.4 cm³/mol. The maximum absolute atomic E-state index is 13.2. The number of nitrogens with two attached hydrogens (primary N) is 1. The lowest BCUT2D eigenvalue weighted by molar-refractivity contribution is 0.387. The van der Waals surface area contributed by atoms with Gasteiger partial charge in [0.25, 0.3) is 0 Å². The minimum absolute atomic E-state index is 0.106. The number of rotatable bonds is 1. The van der Waals surface area contributed by atoms with Crippen LogP contribution in [0.2, 0.25) is 0 Å². The van der Waals surface area contributed by atoms with Gasteiger partial charge in [0.05, 0.1) is 14.2 Å². The molecule has 2 rings (SSSR count). The van der Waals surface area contributed by atoms with Crippen molar-refractivity contribution in [3.05, 3.63) is 17.9 Å². The van der Waals surface area contributed by atoms with E-state index in [-0.39, 0.29) is 5.75 Å². The lowest BCUT2D eigenvalue weighted by Crippen LogP contribution is -2.21. The molecule has 0 amide bonds. The lowest BCUT2D eigenvalue weighted by Gasteiger charge is -2.07. The highest BCUT2D eigenvalue weighted by molar-refractivity contribution is 8.00. The SMILES string of the molecule is [2H]C1(N)Nc2c(ccc(F)c2OC)S1. The first-order valence-electron chi connectivity index (χ1n) is 4.16. The Bertz CT molecular complexity index is 386. The van der Waals surface area contributed by atoms with E-state index in [4.69, 9.17) is 11.8 Å². The zero-order valence-corrected chi connectivity index (χ0v) is 7.74. The third-order valence-corrected chi connectivity index (χ3v) is 2.63. The van der Waals surface area contributed by atoms with Crippen LogP contribution in [-0.4, -0.2) is 12.6 Å². The first-order valence-corrected chi connectivity index (χ1v) is 4.48. The molecule has 0 aliphatic carbocycles. The average Bonchev–Trinajstić information content (AvgIpc) is 2.39. The second-order valence-electron chi connectivity index (χ2n) is 2.55. The standard InChI is InChI=1S/C8H9FN2OS/c1-12-7-4(9)2-3-5-6(7)11-8(10)13-5/h2-3,8,11H,10H2,1H3/i8D. The van der Waals surface area contributed by atoms with Crippen molar-refractivity contribution >= 4 is 17.4 Å². The van der Waals surface area contributed by atoms with Crippen molar-refractivity contribution in [2.45, 2.75) is 10.4 Å². The summed E-state index contributed by atoms with van der Waals surface area (Å²) in [6.07, 6.45) is 0. The number of hydrogen-bond donors (Lipinski definition) is 2. The largest absolute Gasteiger partial charge is 0.492 e. The van der Waals surface area contributed by atoms with Gasteiger partial charge in [-0.15, -0.1) is 0 Å². The van der Waals surface area contributed by atoms with E-state index in [2.05, 4.69) is 5.32 Å². The van der Waals surface area contributed by atoms with Crippen LogP contribution in [0.25, 0.3) is 0 Å². The maximum Gasteiger partial charge on any atom is 0.178 e. The van der Waals surface area contributed by atoms with E-state index in [1.165, 1.54) is 13.2 Å². The van der Waals surface area contributed by atoms with Gasteiger partial charge in [0, 0.05) is 4.90 Å². The van der Waals surface area contributed by atoms with Crippen LogP contribution in [0.1, 0.15) is 1.37 Å². The second-order valence-corrected chi connectivity index (χ2v) is 3.63. The Kier molecular flexibility index (Phi) is 1.77. The highest BCUT2D eigenvalue weighted by Crippen LogP contribution is 2.43.